The molecule has 4 nitrogen and oxygen atoms in total. The molecule has 0 aliphatic carbocycles. The standard InChI is InChI=1S/C8H7BrO4/c9-6-3-1-5(2-4-6)8(12,13)7(10)11/h1-4,12-13H,(H,10,11). The Morgan fingerprint density at radius 2 is 1.69 bits per heavy atom. The molecule has 0 spiro atoms. The first-order chi connectivity index (χ1) is 5.94. The lowest BCUT2D eigenvalue weighted by Gasteiger charge is -2.16. The first-order valence-corrected chi connectivity index (χ1v) is 4.18. The molecule has 0 saturated carbocycles. The summed E-state index contributed by atoms with van der Waals surface area (Å²) in [4.78, 5) is 10.4. The molecule has 70 valence electrons. The van der Waals surface area contributed by atoms with E-state index in [1.165, 1.54) is 24.3 Å². The van der Waals surface area contributed by atoms with Crippen molar-refractivity contribution >= 4 is 21.9 Å². The van der Waals surface area contributed by atoms with Gasteiger partial charge in [0.1, 0.15) is 0 Å². The van der Waals surface area contributed by atoms with E-state index in [1.54, 1.807) is 0 Å². The topological polar surface area (TPSA) is 77.8 Å². The van der Waals surface area contributed by atoms with E-state index in [4.69, 9.17) is 15.3 Å². The van der Waals surface area contributed by atoms with E-state index in [1.807, 2.05) is 0 Å². The van der Waals surface area contributed by atoms with Crippen LogP contribution in [-0.2, 0) is 10.6 Å². The molecule has 0 aromatic heterocycles. The predicted molar refractivity (Wildman–Crippen MR) is 47.9 cm³/mol. The highest BCUT2D eigenvalue weighted by molar-refractivity contribution is 9.10. The molecule has 0 fully saturated rings. The van der Waals surface area contributed by atoms with Gasteiger partial charge in [-0.15, -0.1) is 0 Å². The highest BCUT2D eigenvalue weighted by Crippen LogP contribution is 2.20. The summed E-state index contributed by atoms with van der Waals surface area (Å²) in [5, 5.41) is 26.6. The summed E-state index contributed by atoms with van der Waals surface area (Å²) < 4.78 is 0.734. The van der Waals surface area contributed by atoms with Crippen LogP contribution in [0, 0.1) is 0 Å². The van der Waals surface area contributed by atoms with Crippen LogP contribution >= 0.6 is 15.9 Å². The SMILES string of the molecule is O=C(O)C(O)(O)c1ccc(Br)cc1. The number of hydrogen-bond acceptors (Lipinski definition) is 3. The van der Waals surface area contributed by atoms with Crippen molar-refractivity contribution < 1.29 is 20.1 Å². The normalized spacial score (nSPS) is 11.3. The maximum atomic E-state index is 10.4. The van der Waals surface area contributed by atoms with Gasteiger partial charge >= 0.3 is 5.97 Å². The number of carbonyl (C=O) groups is 1. The molecule has 0 amide bonds. The molecule has 0 unspecified atom stereocenters. The number of halogens is 1. The van der Waals surface area contributed by atoms with E-state index in [0.29, 0.717) is 0 Å². The summed E-state index contributed by atoms with van der Waals surface area (Å²) in [6, 6.07) is 5.69. The van der Waals surface area contributed by atoms with E-state index in [9.17, 15) is 4.79 Å². The highest BCUT2D eigenvalue weighted by atomic mass is 79.9. The second-order valence-corrected chi connectivity index (χ2v) is 3.40. The molecular formula is C8H7BrO4. The Bertz CT molecular complexity index is 317. The third-order valence-corrected chi connectivity index (χ3v) is 2.07. The molecule has 0 radical (unpaired) electrons. The van der Waals surface area contributed by atoms with E-state index in [2.05, 4.69) is 15.9 Å². The van der Waals surface area contributed by atoms with Gasteiger partial charge in [0.2, 0.25) is 0 Å². The molecule has 0 bridgehead atoms. The molecule has 1 rings (SSSR count). The van der Waals surface area contributed by atoms with Gasteiger partial charge in [0.25, 0.3) is 5.79 Å². The summed E-state index contributed by atoms with van der Waals surface area (Å²) in [7, 11) is 0. The zero-order chi connectivity index (χ0) is 10.1. The average molecular weight is 247 g/mol. The molecule has 0 aliphatic heterocycles. The Kier molecular flexibility index (Phi) is 2.70. The Morgan fingerprint density at radius 1 is 1.23 bits per heavy atom. The van der Waals surface area contributed by atoms with Gasteiger partial charge in [0, 0.05) is 10.0 Å². The van der Waals surface area contributed by atoms with Crippen LogP contribution < -0.4 is 0 Å². The fourth-order valence-corrected chi connectivity index (χ4v) is 1.07. The smallest absolute Gasteiger partial charge is 0.369 e. The lowest BCUT2D eigenvalue weighted by molar-refractivity contribution is -0.208. The summed E-state index contributed by atoms with van der Waals surface area (Å²) >= 11 is 3.14. The highest BCUT2D eigenvalue weighted by Gasteiger charge is 2.35. The monoisotopic (exact) mass is 246 g/mol. The summed E-state index contributed by atoms with van der Waals surface area (Å²) in [5.41, 5.74) is -0.0804. The Labute approximate surface area is 82.6 Å². The van der Waals surface area contributed by atoms with Crippen LogP contribution in [0.15, 0.2) is 28.7 Å². The van der Waals surface area contributed by atoms with E-state index in [0.717, 1.165) is 4.47 Å². The second-order valence-electron chi connectivity index (χ2n) is 2.48. The van der Waals surface area contributed by atoms with Gasteiger partial charge < -0.3 is 15.3 Å². The van der Waals surface area contributed by atoms with Crippen molar-refractivity contribution in [3.8, 4) is 0 Å². The third kappa shape index (κ3) is 2.06. The number of rotatable bonds is 2. The van der Waals surface area contributed by atoms with Crippen molar-refractivity contribution in [1.29, 1.82) is 0 Å². The van der Waals surface area contributed by atoms with Crippen molar-refractivity contribution in [1.82, 2.24) is 0 Å². The van der Waals surface area contributed by atoms with Crippen LogP contribution in [0.5, 0.6) is 0 Å². The van der Waals surface area contributed by atoms with Gasteiger partial charge in [-0.2, -0.15) is 0 Å². The van der Waals surface area contributed by atoms with Crippen LogP contribution in [0.3, 0.4) is 0 Å². The summed E-state index contributed by atoms with van der Waals surface area (Å²) in [6.45, 7) is 0. The van der Waals surface area contributed by atoms with Crippen molar-refractivity contribution in [2.45, 2.75) is 5.79 Å². The van der Waals surface area contributed by atoms with Gasteiger partial charge in [0.05, 0.1) is 0 Å². The first-order valence-electron chi connectivity index (χ1n) is 3.39. The summed E-state index contributed by atoms with van der Waals surface area (Å²) in [6.07, 6.45) is 0. The minimum Gasteiger partial charge on any atom is -0.477 e. The minimum atomic E-state index is -2.82. The molecule has 1 aromatic carbocycles. The number of carboxylic acids is 1. The predicted octanol–water partition coefficient (Wildman–Crippen LogP) is 0.671. The Balaban J connectivity index is 3.08. The Hall–Kier alpha value is -0.910. The average Bonchev–Trinajstić information content (AvgIpc) is 2.04. The maximum Gasteiger partial charge on any atom is 0.369 e. The van der Waals surface area contributed by atoms with E-state index >= 15 is 0 Å². The molecule has 0 aliphatic rings. The molecule has 3 N–H and O–H groups in total. The number of benzene rings is 1. The summed E-state index contributed by atoms with van der Waals surface area (Å²) in [5.74, 6) is -4.52. The van der Waals surface area contributed by atoms with Crippen molar-refractivity contribution in [3.63, 3.8) is 0 Å². The fraction of sp³-hybridized carbons (Fsp3) is 0.125. The molecular weight excluding hydrogens is 240 g/mol. The van der Waals surface area contributed by atoms with Crippen molar-refractivity contribution in [2.75, 3.05) is 0 Å². The lowest BCUT2D eigenvalue weighted by atomic mass is 10.1. The molecule has 1 aromatic rings. The van der Waals surface area contributed by atoms with Crippen LogP contribution in [-0.4, -0.2) is 21.3 Å². The van der Waals surface area contributed by atoms with Gasteiger partial charge in [0.15, 0.2) is 0 Å². The van der Waals surface area contributed by atoms with Gasteiger partial charge in [-0.05, 0) is 12.1 Å². The van der Waals surface area contributed by atoms with Gasteiger partial charge in [-0.1, -0.05) is 28.1 Å². The van der Waals surface area contributed by atoms with E-state index in [-0.39, 0.29) is 5.56 Å². The fourth-order valence-electron chi connectivity index (χ4n) is 0.806. The van der Waals surface area contributed by atoms with Crippen molar-refractivity contribution in [3.05, 3.63) is 34.3 Å². The maximum absolute atomic E-state index is 10.4. The van der Waals surface area contributed by atoms with Crippen LogP contribution in [0.1, 0.15) is 5.56 Å². The van der Waals surface area contributed by atoms with Crippen molar-refractivity contribution in [2.24, 2.45) is 0 Å². The second kappa shape index (κ2) is 3.45. The van der Waals surface area contributed by atoms with Gasteiger partial charge in [-0.25, -0.2) is 4.79 Å². The minimum absolute atomic E-state index is 0.0804. The zero-order valence-electron chi connectivity index (χ0n) is 6.44. The molecule has 0 atom stereocenters. The van der Waals surface area contributed by atoms with Crippen LogP contribution in [0.25, 0.3) is 0 Å². The number of aliphatic hydroxyl groups is 2. The van der Waals surface area contributed by atoms with Crippen LogP contribution in [0.2, 0.25) is 0 Å². The lowest BCUT2D eigenvalue weighted by Crippen LogP contribution is -2.34. The van der Waals surface area contributed by atoms with E-state index < -0.39 is 11.8 Å². The Morgan fingerprint density at radius 3 is 2.08 bits per heavy atom. The van der Waals surface area contributed by atoms with Crippen LogP contribution in [0.4, 0.5) is 0 Å². The third-order valence-electron chi connectivity index (χ3n) is 1.54. The van der Waals surface area contributed by atoms with Gasteiger partial charge in [-0.3, -0.25) is 0 Å². The molecule has 13 heavy (non-hydrogen) atoms. The number of hydrogen-bond donors (Lipinski definition) is 3. The largest absolute Gasteiger partial charge is 0.477 e. The zero-order valence-corrected chi connectivity index (χ0v) is 8.02. The molecule has 0 saturated heterocycles. The molecule has 0 heterocycles. The molecule has 5 heteroatoms. The number of carboxylic acid groups (broad SMARTS) is 1. The quantitative estimate of drug-likeness (QED) is 0.671. The number of aliphatic carboxylic acids is 1. The first kappa shape index (κ1) is 10.2.